The number of carboxylic acids is 1. The fourth-order valence-electron chi connectivity index (χ4n) is 3.66. The molecule has 3 N–H and O–H groups in total. The summed E-state index contributed by atoms with van der Waals surface area (Å²) in [6.07, 6.45) is -0.799. The second-order valence-corrected chi connectivity index (χ2v) is 7.52. The molecule has 0 radical (unpaired) electrons. The fourth-order valence-corrected chi connectivity index (χ4v) is 4.11. The maximum Gasteiger partial charge on any atom is 0.411 e. The van der Waals surface area contributed by atoms with Crippen molar-refractivity contribution in [3.05, 3.63) is 81.8 Å². The lowest BCUT2D eigenvalue weighted by molar-refractivity contribution is 0.0695. The molecule has 3 aromatic carbocycles. The van der Waals surface area contributed by atoms with Crippen LogP contribution in [0.1, 0.15) is 27.4 Å². The number of phenols is 1. The predicted molar refractivity (Wildman–Crippen MR) is 111 cm³/mol. The first-order chi connectivity index (χ1) is 14.0. The van der Waals surface area contributed by atoms with Crippen LogP contribution in [0.15, 0.2) is 65.1 Å². The van der Waals surface area contributed by atoms with Crippen LogP contribution in [0, 0.1) is 0 Å². The highest BCUT2D eigenvalue weighted by atomic mass is 79.9. The van der Waals surface area contributed by atoms with Gasteiger partial charge in [-0.1, -0.05) is 64.5 Å². The molecule has 1 aliphatic rings. The molecule has 6 nitrogen and oxygen atoms in total. The van der Waals surface area contributed by atoms with E-state index in [-0.39, 0.29) is 18.2 Å². The molecule has 3 aromatic rings. The molecule has 7 heteroatoms. The summed E-state index contributed by atoms with van der Waals surface area (Å²) in [6.45, 7) is 0.0995. The lowest BCUT2D eigenvalue weighted by atomic mass is 9.98. The van der Waals surface area contributed by atoms with Crippen molar-refractivity contribution in [3.8, 4) is 16.9 Å². The molecular formula is C22H16BrNO5. The van der Waals surface area contributed by atoms with Gasteiger partial charge in [0.2, 0.25) is 0 Å². The van der Waals surface area contributed by atoms with E-state index in [1.54, 1.807) is 0 Å². The van der Waals surface area contributed by atoms with Crippen LogP contribution in [0.4, 0.5) is 10.5 Å². The van der Waals surface area contributed by atoms with Crippen LogP contribution >= 0.6 is 15.9 Å². The number of carbonyl (C=O) groups is 2. The van der Waals surface area contributed by atoms with E-state index in [2.05, 4.69) is 21.2 Å². The number of amides is 1. The van der Waals surface area contributed by atoms with Gasteiger partial charge in [0.15, 0.2) is 0 Å². The van der Waals surface area contributed by atoms with Crippen molar-refractivity contribution < 1.29 is 24.5 Å². The predicted octanol–water partition coefficient (Wildman–Crippen LogP) is 5.21. The second-order valence-electron chi connectivity index (χ2n) is 6.60. The molecule has 146 valence electrons. The van der Waals surface area contributed by atoms with Gasteiger partial charge in [-0.05, 0) is 34.4 Å². The van der Waals surface area contributed by atoms with E-state index in [0.29, 0.717) is 4.47 Å². The molecule has 0 aliphatic heterocycles. The Kier molecular flexibility index (Phi) is 4.98. The fraction of sp³-hybridized carbons (Fsp3) is 0.0909. The average Bonchev–Trinajstić information content (AvgIpc) is 2.99. The molecule has 0 saturated carbocycles. The zero-order valence-corrected chi connectivity index (χ0v) is 16.6. The van der Waals surface area contributed by atoms with Crippen molar-refractivity contribution in [2.24, 2.45) is 0 Å². The van der Waals surface area contributed by atoms with Gasteiger partial charge in [0.1, 0.15) is 17.9 Å². The average molecular weight is 454 g/mol. The first-order valence-corrected chi connectivity index (χ1v) is 9.63. The Morgan fingerprint density at radius 3 is 2.17 bits per heavy atom. The van der Waals surface area contributed by atoms with E-state index in [4.69, 9.17) is 4.74 Å². The molecule has 29 heavy (non-hydrogen) atoms. The zero-order valence-electron chi connectivity index (χ0n) is 15.1. The Morgan fingerprint density at radius 2 is 1.59 bits per heavy atom. The van der Waals surface area contributed by atoms with Gasteiger partial charge in [0, 0.05) is 10.4 Å². The zero-order chi connectivity index (χ0) is 20.5. The second kappa shape index (κ2) is 7.60. The molecular weight excluding hydrogens is 438 g/mol. The SMILES string of the molecule is O=C(Nc1cc(Br)cc(O)c1C(=O)O)OCC1c2ccccc2-c2ccccc21. The lowest BCUT2D eigenvalue weighted by Gasteiger charge is -2.15. The highest BCUT2D eigenvalue weighted by molar-refractivity contribution is 9.10. The number of hydrogen-bond acceptors (Lipinski definition) is 4. The molecule has 0 atom stereocenters. The monoisotopic (exact) mass is 453 g/mol. The Balaban J connectivity index is 1.54. The van der Waals surface area contributed by atoms with Gasteiger partial charge in [0.25, 0.3) is 0 Å². The summed E-state index contributed by atoms with van der Waals surface area (Å²) in [6, 6.07) is 18.6. The molecule has 0 saturated heterocycles. The van der Waals surface area contributed by atoms with Gasteiger partial charge in [-0.15, -0.1) is 0 Å². The summed E-state index contributed by atoms with van der Waals surface area (Å²) < 4.78 is 5.84. The minimum Gasteiger partial charge on any atom is -0.507 e. The van der Waals surface area contributed by atoms with Crippen molar-refractivity contribution in [3.63, 3.8) is 0 Å². The number of aromatic carboxylic acids is 1. The summed E-state index contributed by atoms with van der Waals surface area (Å²) in [4.78, 5) is 23.8. The molecule has 0 aromatic heterocycles. The molecule has 0 unspecified atom stereocenters. The van der Waals surface area contributed by atoms with Crippen molar-refractivity contribution >= 4 is 33.7 Å². The van der Waals surface area contributed by atoms with E-state index >= 15 is 0 Å². The molecule has 1 aliphatic carbocycles. The molecule has 0 heterocycles. The number of carboxylic acid groups (broad SMARTS) is 1. The van der Waals surface area contributed by atoms with Gasteiger partial charge < -0.3 is 14.9 Å². The lowest BCUT2D eigenvalue weighted by Crippen LogP contribution is -2.19. The first-order valence-electron chi connectivity index (χ1n) is 8.83. The van der Waals surface area contributed by atoms with Crippen LogP contribution in [0.5, 0.6) is 5.75 Å². The van der Waals surface area contributed by atoms with Crippen molar-refractivity contribution in [1.82, 2.24) is 0 Å². The number of rotatable bonds is 4. The first kappa shape index (κ1) is 19.0. The number of ether oxygens (including phenoxy) is 1. The molecule has 0 spiro atoms. The number of carbonyl (C=O) groups excluding carboxylic acids is 1. The van der Waals surface area contributed by atoms with E-state index in [9.17, 15) is 19.8 Å². The van der Waals surface area contributed by atoms with Gasteiger partial charge in [-0.25, -0.2) is 9.59 Å². The topological polar surface area (TPSA) is 95.9 Å². The number of benzene rings is 3. The highest BCUT2D eigenvalue weighted by Crippen LogP contribution is 2.44. The third-order valence-electron chi connectivity index (χ3n) is 4.88. The molecule has 0 fully saturated rings. The van der Waals surface area contributed by atoms with Crippen molar-refractivity contribution in [1.29, 1.82) is 0 Å². The number of anilines is 1. The van der Waals surface area contributed by atoms with Crippen molar-refractivity contribution in [2.45, 2.75) is 5.92 Å². The maximum absolute atomic E-state index is 12.4. The normalized spacial score (nSPS) is 12.2. The van der Waals surface area contributed by atoms with E-state index < -0.39 is 23.4 Å². The maximum atomic E-state index is 12.4. The minimum absolute atomic E-state index is 0.0541. The van der Waals surface area contributed by atoms with Crippen LogP contribution in [0.3, 0.4) is 0 Å². The van der Waals surface area contributed by atoms with Crippen LogP contribution in [-0.4, -0.2) is 28.9 Å². The van der Waals surface area contributed by atoms with Gasteiger partial charge in [0.05, 0.1) is 5.69 Å². The number of nitrogens with one attached hydrogen (secondary N) is 1. The van der Waals surface area contributed by atoms with E-state index in [0.717, 1.165) is 22.3 Å². The van der Waals surface area contributed by atoms with Crippen LogP contribution < -0.4 is 5.32 Å². The standard InChI is InChI=1S/C22H16BrNO5/c23-12-9-18(20(21(26)27)19(25)10-12)24-22(28)29-11-17-15-7-3-1-5-13(15)14-6-2-4-8-16(14)17/h1-10,17,25H,11H2,(H,24,28)(H,26,27). The van der Waals surface area contributed by atoms with Gasteiger partial charge >= 0.3 is 12.1 Å². The Labute approximate surface area is 174 Å². The smallest absolute Gasteiger partial charge is 0.411 e. The quantitative estimate of drug-likeness (QED) is 0.503. The summed E-state index contributed by atoms with van der Waals surface area (Å²) in [5.74, 6) is -1.92. The minimum atomic E-state index is -1.36. The summed E-state index contributed by atoms with van der Waals surface area (Å²) >= 11 is 3.17. The largest absolute Gasteiger partial charge is 0.507 e. The van der Waals surface area contributed by atoms with Gasteiger partial charge in [-0.2, -0.15) is 0 Å². The van der Waals surface area contributed by atoms with E-state index in [1.807, 2.05) is 48.5 Å². The van der Waals surface area contributed by atoms with Crippen LogP contribution in [0.2, 0.25) is 0 Å². The van der Waals surface area contributed by atoms with Crippen LogP contribution in [0.25, 0.3) is 11.1 Å². The van der Waals surface area contributed by atoms with Gasteiger partial charge in [-0.3, -0.25) is 5.32 Å². The molecule has 0 bridgehead atoms. The summed E-state index contributed by atoms with van der Waals surface area (Å²) in [7, 11) is 0. The molecule has 4 rings (SSSR count). The Morgan fingerprint density at radius 1 is 1.00 bits per heavy atom. The Hall–Kier alpha value is -3.32. The van der Waals surface area contributed by atoms with Crippen LogP contribution in [-0.2, 0) is 4.74 Å². The third kappa shape index (κ3) is 3.56. The third-order valence-corrected chi connectivity index (χ3v) is 5.33. The summed E-state index contributed by atoms with van der Waals surface area (Å²) in [5.41, 5.74) is 3.92. The highest BCUT2D eigenvalue weighted by Gasteiger charge is 2.29. The van der Waals surface area contributed by atoms with Crippen molar-refractivity contribution in [2.75, 3.05) is 11.9 Å². The number of aromatic hydroxyl groups is 1. The number of halogens is 1. The summed E-state index contributed by atoms with van der Waals surface area (Å²) in [5, 5.41) is 21.6. The number of hydrogen-bond donors (Lipinski definition) is 3. The number of fused-ring (bicyclic) bond motifs is 3. The molecule has 1 amide bonds. The van der Waals surface area contributed by atoms with E-state index in [1.165, 1.54) is 12.1 Å². The Bertz CT molecular complexity index is 1080.